The van der Waals surface area contributed by atoms with Crippen LogP contribution in [0, 0.1) is 0 Å². The van der Waals surface area contributed by atoms with E-state index in [1.54, 1.807) is 11.0 Å². The van der Waals surface area contributed by atoms with Gasteiger partial charge in [-0.2, -0.15) is 0 Å². The number of hydrogen-bond acceptors (Lipinski definition) is 6. The van der Waals surface area contributed by atoms with Crippen LogP contribution in [-0.4, -0.2) is 81.3 Å². The van der Waals surface area contributed by atoms with Crippen molar-refractivity contribution in [1.29, 1.82) is 0 Å². The molecule has 0 heterocycles. The molecule has 0 aliphatic heterocycles. The molecule has 0 bridgehead atoms. The monoisotopic (exact) mass is 628 g/mol. The van der Waals surface area contributed by atoms with Crippen LogP contribution in [-0.2, 0) is 18.4 Å². The molecule has 0 saturated heterocycles. The van der Waals surface area contributed by atoms with Crippen molar-refractivity contribution in [2.75, 3.05) is 32.8 Å². The molecule has 0 radical (unpaired) electrons. The molecule has 1 atom stereocenters. The van der Waals surface area contributed by atoms with Crippen molar-refractivity contribution < 1.29 is 24.9 Å². The molecule has 0 aromatic heterocycles. The van der Waals surface area contributed by atoms with E-state index >= 15 is 0 Å². The third-order valence-corrected chi connectivity index (χ3v) is 10.1. The zero-order valence-corrected chi connectivity index (χ0v) is 27.8. The Morgan fingerprint density at radius 2 is 1.41 bits per heavy atom. The number of rotatable bonds is 17. The van der Waals surface area contributed by atoms with Crippen LogP contribution in [0.25, 0.3) is 0 Å². The summed E-state index contributed by atoms with van der Waals surface area (Å²) < 4.78 is 0. The smallest absolute Gasteiger partial charge is 0.254 e. The molecule has 4 rings (SSSR count). The van der Waals surface area contributed by atoms with Crippen molar-refractivity contribution in [2.24, 2.45) is 0 Å². The van der Waals surface area contributed by atoms with Gasteiger partial charge < -0.3 is 20.2 Å². The van der Waals surface area contributed by atoms with E-state index in [0.29, 0.717) is 36.9 Å². The third-order valence-electron chi connectivity index (χ3n) is 10.1. The lowest BCUT2D eigenvalue weighted by atomic mass is 9.89. The predicted molar refractivity (Wildman–Crippen MR) is 183 cm³/mol. The van der Waals surface area contributed by atoms with Crippen LogP contribution in [0.2, 0.25) is 0 Å². The van der Waals surface area contributed by atoms with Gasteiger partial charge in [0.05, 0.1) is 31.4 Å². The number of amides is 1. The van der Waals surface area contributed by atoms with E-state index in [1.807, 2.05) is 86.6 Å². The van der Waals surface area contributed by atoms with Crippen LogP contribution >= 0.6 is 0 Å². The minimum absolute atomic E-state index is 0.0222. The summed E-state index contributed by atoms with van der Waals surface area (Å²) in [5.74, 6) is -0.152. The largest absolute Gasteiger partial charge is 0.395 e. The molecule has 1 fully saturated rings. The van der Waals surface area contributed by atoms with Gasteiger partial charge in [-0.15, -0.1) is 0 Å². The number of Topliss-reactive ketones (excluding diaryl/α,β-unsaturated/α-hetero) is 1. The molecule has 1 unspecified atom stereocenters. The Morgan fingerprint density at radius 3 is 2.04 bits per heavy atom. The summed E-state index contributed by atoms with van der Waals surface area (Å²) >= 11 is 0. The van der Waals surface area contributed by atoms with Gasteiger partial charge in [-0.05, 0) is 75.1 Å². The molecule has 1 aliphatic rings. The molecule has 7 heteroatoms. The van der Waals surface area contributed by atoms with Crippen LogP contribution in [0.1, 0.15) is 96.7 Å². The molecular formula is C39H52N2O5. The van der Waals surface area contributed by atoms with E-state index in [0.717, 1.165) is 48.8 Å². The zero-order valence-electron chi connectivity index (χ0n) is 27.8. The van der Waals surface area contributed by atoms with E-state index in [1.165, 1.54) is 0 Å². The number of carbonyl (C=O) groups excluding carboxylic acids is 2. The van der Waals surface area contributed by atoms with Crippen molar-refractivity contribution in [2.45, 2.75) is 89.3 Å². The number of β-amino-alcohol motifs (C(OH)–C–C–N with tert-alkyl or cyclic N) is 1. The lowest BCUT2D eigenvalue weighted by Crippen LogP contribution is -2.50. The Bertz CT molecular complexity index is 1420. The highest BCUT2D eigenvalue weighted by Crippen LogP contribution is 2.38. The number of aliphatic hydroxyl groups is 3. The second-order valence-corrected chi connectivity index (χ2v) is 13.2. The van der Waals surface area contributed by atoms with Gasteiger partial charge in [0.25, 0.3) is 5.91 Å². The van der Waals surface area contributed by atoms with E-state index in [4.69, 9.17) is 0 Å². The lowest BCUT2D eigenvalue weighted by molar-refractivity contribution is 0.0478. The SMILES string of the molecule is CCC1(N(CCO)CC(=O)c2ccccc2CCC(O)Cc2ccccc2C(=O)N(CCO)C(C)(C)c2ccccc2)CCCC1. The molecule has 3 N–H and O–H groups in total. The summed E-state index contributed by atoms with van der Waals surface area (Å²) in [6.45, 7) is 6.92. The van der Waals surface area contributed by atoms with Gasteiger partial charge in [0, 0.05) is 29.8 Å². The number of aliphatic hydroxyl groups excluding tert-OH is 3. The van der Waals surface area contributed by atoms with Gasteiger partial charge in [0.2, 0.25) is 0 Å². The van der Waals surface area contributed by atoms with Gasteiger partial charge in [-0.1, -0.05) is 92.6 Å². The fourth-order valence-electron chi connectivity index (χ4n) is 7.27. The average Bonchev–Trinajstić information content (AvgIpc) is 3.57. The first-order valence-electron chi connectivity index (χ1n) is 16.9. The van der Waals surface area contributed by atoms with Gasteiger partial charge in [-0.25, -0.2) is 0 Å². The number of hydrogen-bond donors (Lipinski definition) is 3. The standard InChI is InChI=1S/C39H52N2O5/c1-4-39(22-12-13-23-39)40(24-26-42)29-36(45)34-18-10-8-14-30(34)20-21-33(44)28-31-15-9-11-19-35(31)37(46)41(25-27-43)38(2,3)32-16-6-5-7-17-32/h5-11,14-19,33,42-44H,4,12-13,20-29H2,1-3H3. The molecule has 1 amide bonds. The Labute approximate surface area is 274 Å². The molecular weight excluding hydrogens is 576 g/mol. The Kier molecular flexibility index (Phi) is 12.7. The van der Waals surface area contributed by atoms with Gasteiger partial charge in [0.1, 0.15) is 0 Å². The molecule has 1 aliphatic carbocycles. The van der Waals surface area contributed by atoms with Crippen molar-refractivity contribution in [3.8, 4) is 0 Å². The highest BCUT2D eigenvalue weighted by atomic mass is 16.3. The minimum atomic E-state index is -0.724. The number of ketones is 1. The molecule has 3 aromatic rings. The molecule has 7 nitrogen and oxygen atoms in total. The molecule has 46 heavy (non-hydrogen) atoms. The molecule has 0 spiro atoms. The van der Waals surface area contributed by atoms with E-state index in [2.05, 4.69) is 11.8 Å². The Morgan fingerprint density at radius 1 is 0.826 bits per heavy atom. The maximum atomic E-state index is 14.0. The van der Waals surface area contributed by atoms with Crippen molar-refractivity contribution in [3.05, 3.63) is 107 Å². The number of aryl methyl sites for hydroxylation is 1. The summed E-state index contributed by atoms with van der Waals surface area (Å²) in [5, 5.41) is 30.9. The van der Waals surface area contributed by atoms with Crippen molar-refractivity contribution >= 4 is 11.7 Å². The number of benzene rings is 3. The first-order valence-corrected chi connectivity index (χ1v) is 16.9. The number of nitrogens with zero attached hydrogens (tertiary/aromatic N) is 2. The average molecular weight is 629 g/mol. The van der Waals surface area contributed by atoms with E-state index < -0.39 is 11.6 Å². The third kappa shape index (κ3) is 8.31. The van der Waals surface area contributed by atoms with Crippen molar-refractivity contribution in [1.82, 2.24) is 9.80 Å². The van der Waals surface area contributed by atoms with Crippen LogP contribution in [0.4, 0.5) is 0 Å². The van der Waals surface area contributed by atoms with E-state index in [-0.39, 0.29) is 43.5 Å². The second-order valence-electron chi connectivity index (χ2n) is 13.2. The summed E-state index contributed by atoms with van der Waals surface area (Å²) in [6, 6.07) is 24.8. The summed E-state index contributed by atoms with van der Waals surface area (Å²) in [6.07, 6.45) is 5.89. The zero-order chi connectivity index (χ0) is 33.2. The highest BCUT2D eigenvalue weighted by Gasteiger charge is 2.38. The summed E-state index contributed by atoms with van der Waals surface area (Å²) in [5.41, 5.74) is 3.10. The van der Waals surface area contributed by atoms with E-state index in [9.17, 15) is 24.9 Å². The van der Waals surface area contributed by atoms with Crippen molar-refractivity contribution in [3.63, 3.8) is 0 Å². The second kappa shape index (κ2) is 16.5. The van der Waals surface area contributed by atoms with Gasteiger partial charge in [-0.3, -0.25) is 14.5 Å². The summed E-state index contributed by atoms with van der Waals surface area (Å²) in [7, 11) is 0. The topological polar surface area (TPSA) is 101 Å². The molecule has 248 valence electrons. The maximum absolute atomic E-state index is 14.0. The summed E-state index contributed by atoms with van der Waals surface area (Å²) in [4.78, 5) is 31.6. The molecule has 3 aromatic carbocycles. The Hall–Kier alpha value is -3.36. The van der Waals surface area contributed by atoms with Gasteiger partial charge in [0.15, 0.2) is 5.78 Å². The normalized spacial score (nSPS) is 15.2. The van der Waals surface area contributed by atoms with Crippen LogP contribution in [0.15, 0.2) is 78.9 Å². The predicted octanol–water partition coefficient (Wildman–Crippen LogP) is 5.79. The van der Waals surface area contributed by atoms with Gasteiger partial charge >= 0.3 is 0 Å². The maximum Gasteiger partial charge on any atom is 0.254 e. The van der Waals surface area contributed by atoms with Crippen LogP contribution in [0.3, 0.4) is 0 Å². The minimum Gasteiger partial charge on any atom is -0.395 e. The number of carbonyl (C=O) groups is 2. The fourth-order valence-corrected chi connectivity index (χ4v) is 7.27. The Balaban J connectivity index is 1.46. The first-order chi connectivity index (χ1) is 22.2. The lowest BCUT2D eigenvalue weighted by Gasteiger charge is -2.40. The first kappa shape index (κ1) is 35.5. The highest BCUT2D eigenvalue weighted by molar-refractivity contribution is 5.99. The van der Waals surface area contributed by atoms with Crippen LogP contribution < -0.4 is 0 Å². The fraction of sp³-hybridized carbons (Fsp3) is 0.487. The quantitative estimate of drug-likeness (QED) is 0.164. The molecule has 1 saturated carbocycles. The van der Waals surface area contributed by atoms with Crippen LogP contribution in [0.5, 0.6) is 0 Å².